The quantitative estimate of drug-likeness (QED) is 0.389. The van der Waals surface area contributed by atoms with Crippen LogP contribution in [0.2, 0.25) is 0 Å². The van der Waals surface area contributed by atoms with Crippen molar-refractivity contribution < 1.29 is 14.3 Å². The first-order valence-electron chi connectivity index (χ1n) is 3.70. The van der Waals surface area contributed by atoms with E-state index in [-0.39, 0.29) is 0 Å². The molecule has 0 bridgehead atoms. The van der Waals surface area contributed by atoms with E-state index in [1.165, 1.54) is 12.0 Å². The number of methoxy groups -OCH3 is 1. The van der Waals surface area contributed by atoms with E-state index < -0.39 is 11.9 Å². The van der Waals surface area contributed by atoms with Gasteiger partial charge in [-0.1, -0.05) is 0 Å². The van der Waals surface area contributed by atoms with E-state index in [9.17, 15) is 9.59 Å². The molecule has 0 aromatic heterocycles. The lowest BCUT2D eigenvalue weighted by molar-refractivity contribution is -0.157. The molecule has 1 aliphatic rings. The highest BCUT2D eigenvalue weighted by molar-refractivity contribution is 7.99. The van der Waals surface area contributed by atoms with Gasteiger partial charge in [0.05, 0.1) is 7.11 Å². The Morgan fingerprint density at radius 3 is 2.42 bits per heavy atom. The van der Waals surface area contributed by atoms with Crippen LogP contribution in [0.4, 0.5) is 0 Å². The molecule has 1 amide bonds. The van der Waals surface area contributed by atoms with Crippen LogP contribution < -0.4 is 0 Å². The fourth-order valence-electron chi connectivity index (χ4n) is 0.983. The van der Waals surface area contributed by atoms with Crippen LogP contribution in [0, 0.1) is 0 Å². The third kappa shape index (κ3) is 2.14. The molecular weight excluding hydrogens is 178 g/mol. The fraction of sp³-hybridized carbons (Fsp3) is 0.714. The maximum Gasteiger partial charge on any atom is 0.396 e. The molecule has 1 heterocycles. The number of esters is 1. The van der Waals surface area contributed by atoms with Crippen molar-refractivity contribution in [3.05, 3.63) is 0 Å². The maximum atomic E-state index is 11.2. The summed E-state index contributed by atoms with van der Waals surface area (Å²) in [5.74, 6) is 0.533. The lowest BCUT2D eigenvalue weighted by atomic mass is 10.4. The van der Waals surface area contributed by atoms with Crippen molar-refractivity contribution in [1.82, 2.24) is 4.90 Å². The van der Waals surface area contributed by atoms with Gasteiger partial charge in [0, 0.05) is 24.6 Å². The summed E-state index contributed by atoms with van der Waals surface area (Å²) in [6.07, 6.45) is 0. The molecule has 0 N–H and O–H groups in total. The minimum Gasteiger partial charge on any atom is -0.462 e. The van der Waals surface area contributed by atoms with Crippen molar-refractivity contribution in [3.63, 3.8) is 0 Å². The van der Waals surface area contributed by atoms with Crippen molar-refractivity contribution in [2.75, 3.05) is 31.7 Å². The molecule has 0 unspecified atom stereocenters. The lowest BCUT2D eigenvalue weighted by Crippen LogP contribution is -2.42. The molecule has 12 heavy (non-hydrogen) atoms. The number of carbonyl (C=O) groups is 2. The molecule has 0 aromatic carbocycles. The highest BCUT2D eigenvalue weighted by Crippen LogP contribution is 2.09. The Morgan fingerprint density at radius 1 is 1.33 bits per heavy atom. The SMILES string of the molecule is COC(=O)C(=O)N1CCSCC1. The van der Waals surface area contributed by atoms with E-state index in [0.29, 0.717) is 13.1 Å². The van der Waals surface area contributed by atoms with Crippen LogP contribution >= 0.6 is 11.8 Å². The van der Waals surface area contributed by atoms with Crippen LogP contribution in [-0.4, -0.2) is 48.5 Å². The first-order valence-corrected chi connectivity index (χ1v) is 4.86. The average molecular weight is 189 g/mol. The number of hydrogen-bond donors (Lipinski definition) is 0. The number of rotatable bonds is 0. The Labute approximate surface area is 75.2 Å². The summed E-state index contributed by atoms with van der Waals surface area (Å²) in [4.78, 5) is 23.5. The van der Waals surface area contributed by atoms with Gasteiger partial charge in [-0.2, -0.15) is 11.8 Å². The second-order valence-electron chi connectivity index (χ2n) is 2.40. The number of hydrogen-bond acceptors (Lipinski definition) is 4. The van der Waals surface area contributed by atoms with Gasteiger partial charge in [0.15, 0.2) is 0 Å². The first kappa shape index (κ1) is 9.38. The smallest absolute Gasteiger partial charge is 0.396 e. The fourth-order valence-corrected chi connectivity index (χ4v) is 1.89. The van der Waals surface area contributed by atoms with E-state index in [2.05, 4.69) is 4.74 Å². The van der Waals surface area contributed by atoms with Crippen LogP contribution in [0.5, 0.6) is 0 Å². The molecule has 1 fully saturated rings. The van der Waals surface area contributed by atoms with Crippen LogP contribution in [-0.2, 0) is 14.3 Å². The highest BCUT2D eigenvalue weighted by Gasteiger charge is 2.23. The number of amides is 1. The van der Waals surface area contributed by atoms with Gasteiger partial charge in [-0.3, -0.25) is 4.79 Å². The first-order chi connectivity index (χ1) is 5.75. The molecule has 0 atom stereocenters. The number of ether oxygens (including phenoxy) is 1. The van der Waals surface area contributed by atoms with Gasteiger partial charge >= 0.3 is 11.9 Å². The van der Waals surface area contributed by atoms with Crippen LogP contribution in [0.3, 0.4) is 0 Å². The zero-order valence-electron chi connectivity index (χ0n) is 6.91. The Hall–Kier alpha value is -0.710. The van der Waals surface area contributed by atoms with Gasteiger partial charge in [-0.05, 0) is 0 Å². The molecule has 4 nitrogen and oxygen atoms in total. The minimum atomic E-state index is -0.762. The van der Waals surface area contributed by atoms with Crippen LogP contribution in [0.15, 0.2) is 0 Å². The molecule has 5 heteroatoms. The van der Waals surface area contributed by atoms with E-state index in [1.807, 2.05) is 0 Å². The molecule has 0 saturated carbocycles. The maximum absolute atomic E-state index is 11.2. The topological polar surface area (TPSA) is 46.6 Å². The standard InChI is InChI=1S/C7H11NO3S/c1-11-7(10)6(9)8-2-4-12-5-3-8/h2-5H2,1H3. The van der Waals surface area contributed by atoms with Gasteiger partial charge in [0.1, 0.15) is 0 Å². The van der Waals surface area contributed by atoms with Crippen molar-refractivity contribution in [2.24, 2.45) is 0 Å². The minimum absolute atomic E-state index is 0.516. The van der Waals surface area contributed by atoms with Crippen molar-refractivity contribution in [1.29, 1.82) is 0 Å². The van der Waals surface area contributed by atoms with Crippen LogP contribution in [0.25, 0.3) is 0 Å². The summed E-state index contributed by atoms with van der Waals surface area (Å²) in [7, 11) is 1.22. The van der Waals surface area contributed by atoms with E-state index in [0.717, 1.165) is 11.5 Å². The predicted molar refractivity (Wildman–Crippen MR) is 45.9 cm³/mol. The third-order valence-corrected chi connectivity index (χ3v) is 2.60. The van der Waals surface area contributed by atoms with E-state index >= 15 is 0 Å². The molecule has 0 spiro atoms. The van der Waals surface area contributed by atoms with Crippen molar-refractivity contribution >= 4 is 23.6 Å². The summed E-state index contributed by atoms with van der Waals surface area (Å²) < 4.78 is 4.33. The second-order valence-corrected chi connectivity index (χ2v) is 3.62. The molecule has 68 valence electrons. The Kier molecular flexibility index (Phi) is 3.40. The summed E-state index contributed by atoms with van der Waals surface area (Å²) in [5.41, 5.74) is 0. The second kappa shape index (κ2) is 4.35. The molecule has 1 saturated heterocycles. The molecule has 1 rings (SSSR count). The Bertz CT molecular complexity index is 189. The van der Waals surface area contributed by atoms with Crippen molar-refractivity contribution in [2.45, 2.75) is 0 Å². The molecule has 0 aliphatic carbocycles. The number of carbonyl (C=O) groups excluding carboxylic acids is 2. The molecular formula is C7H11NO3S. The highest BCUT2D eigenvalue weighted by atomic mass is 32.2. The normalized spacial score (nSPS) is 17.2. The largest absolute Gasteiger partial charge is 0.462 e. The Morgan fingerprint density at radius 2 is 1.92 bits per heavy atom. The van der Waals surface area contributed by atoms with E-state index in [1.54, 1.807) is 11.8 Å². The lowest BCUT2D eigenvalue weighted by Gasteiger charge is -2.24. The zero-order valence-corrected chi connectivity index (χ0v) is 7.73. The van der Waals surface area contributed by atoms with Gasteiger partial charge in [0.2, 0.25) is 0 Å². The van der Waals surface area contributed by atoms with E-state index in [4.69, 9.17) is 0 Å². The van der Waals surface area contributed by atoms with Crippen LogP contribution in [0.1, 0.15) is 0 Å². The summed E-state index contributed by atoms with van der Waals surface area (Å²) in [6.45, 7) is 1.30. The zero-order chi connectivity index (χ0) is 8.97. The molecule has 0 aromatic rings. The van der Waals surface area contributed by atoms with Gasteiger partial charge < -0.3 is 9.64 Å². The Balaban J connectivity index is 2.45. The summed E-state index contributed by atoms with van der Waals surface area (Å²) in [6, 6.07) is 0. The van der Waals surface area contributed by atoms with Crippen molar-refractivity contribution in [3.8, 4) is 0 Å². The van der Waals surface area contributed by atoms with Gasteiger partial charge in [-0.25, -0.2) is 4.79 Å². The summed E-state index contributed by atoms with van der Waals surface area (Å²) in [5, 5.41) is 0. The average Bonchev–Trinajstić information content (AvgIpc) is 2.17. The number of thioether (sulfide) groups is 1. The third-order valence-electron chi connectivity index (χ3n) is 1.66. The van der Waals surface area contributed by atoms with Gasteiger partial charge in [0.25, 0.3) is 0 Å². The summed E-state index contributed by atoms with van der Waals surface area (Å²) >= 11 is 1.79. The molecule has 0 radical (unpaired) electrons. The monoisotopic (exact) mass is 189 g/mol. The number of nitrogens with zero attached hydrogens (tertiary/aromatic N) is 1. The predicted octanol–water partition coefficient (Wildman–Crippen LogP) is -0.265. The molecule has 1 aliphatic heterocycles. The van der Waals surface area contributed by atoms with Gasteiger partial charge in [-0.15, -0.1) is 0 Å².